The third-order valence-corrected chi connectivity index (χ3v) is 4.42. The molecular weight excluding hydrogens is 326 g/mol. The number of aromatic amines is 1. The van der Waals surface area contributed by atoms with Gasteiger partial charge in [0.1, 0.15) is 6.33 Å². The van der Waals surface area contributed by atoms with Crippen molar-refractivity contribution in [2.75, 3.05) is 5.32 Å². The highest BCUT2D eigenvalue weighted by molar-refractivity contribution is 5.98. The molecule has 1 amide bonds. The molecule has 6 nitrogen and oxygen atoms in total. The van der Waals surface area contributed by atoms with Crippen molar-refractivity contribution in [3.8, 4) is 11.4 Å². The molecule has 0 saturated carbocycles. The summed E-state index contributed by atoms with van der Waals surface area (Å²) >= 11 is 0. The molecule has 26 heavy (non-hydrogen) atoms. The first-order valence-corrected chi connectivity index (χ1v) is 8.58. The van der Waals surface area contributed by atoms with E-state index >= 15 is 0 Å². The van der Waals surface area contributed by atoms with Gasteiger partial charge in [-0.3, -0.25) is 4.79 Å². The SMILES string of the molecule is CCn1cnnc1-c1ccccc1NC(=O)Cc1c[nH]c2ccccc12. The maximum absolute atomic E-state index is 12.6. The van der Waals surface area contributed by atoms with Gasteiger partial charge in [-0.05, 0) is 30.7 Å². The third kappa shape index (κ3) is 2.97. The second-order valence-corrected chi connectivity index (χ2v) is 6.07. The highest BCUT2D eigenvalue weighted by atomic mass is 16.1. The van der Waals surface area contributed by atoms with E-state index in [9.17, 15) is 4.79 Å². The number of benzene rings is 2. The molecule has 130 valence electrons. The summed E-state index contributed by atoms with van der Waals surface area (Å²) in [6.45, 7) is 2.80. The molecule has 4 rings (SSSR count). The topological polar surface area (TPSA) is 75.6 Å². The Balaban J connectivity index is 1.59. The summed E-state index contributed by atoms with van der Waals surface area (Å²) in [7, 11) is 0. The summed E-state index contributed by atoms with van der Waals surface area (Å²) in [5.41, 5.74) is 3.61. The maximum atomic E-state index is 12.6. The predicted octanol–water partition coefficient (Wildman–Crippen LogP) is 3.63. The van der Waals surface area contributed by atoms with Gasteiger partial charge in [0.05, 0.1) is 12.1 Å². The fraction of sp³-hybridized carbons (Fsp3) is 0.150. The Morgan fingerprint density at radius 1 is 1.15 bits per heavy atom. The van der Waals surface area contributed by atoms with Gasteiger partial charge in [-0.25, -0.2) is 0 Å². The molecule has 0 bridgehead atoms. The van der Waals surface area contributed by atoms with Gasteiger partial charge in [0.25, 0.3) is 0 Å². The number of fused-ring (bicyclic) bond motifs is 1. The minimum Gasteiger partial charge on any atom is -0.361 e. The number of hydrogen-bond acceptors (Lipinski definition) is 3. The van der Waals surface area contributed by atoms with Crippen LogP contribution in [0.4, 0.5) is 5.69 Å². The van der Waals surface area contributed by atoms with Crippen molar-refractivity contribution in [2.45, 2.75) is 19.9 Å². The molecule has 0 aliphatic rings. The monoisotopic (exact) mass is 345 g/mol. The number of hydrogen-bond donors (Lipinski definition) is 2. The van der Waals surface area contributed by atoms with Crippen molar-refractivity contribution in [2.24, 2.45) is 0 Å². The summed E-state index contributed by atoms with van der Waals surface area (Å²) in [5, 5.41) is 12.3. The van der Waals surface area contributed by atoms with Crippen LogP contribution < -0.4 is 5.32 Å². The minimum atomic E-state index is -0.0650. The van der Waals surface area contributed by atoms with Gasteiger partial charge in [-0.2, -0.15) is 0 Å². The van der Waals surface area contributed by atoms with Crippen molar-refractivity contribution < 1.29 is 4.79 Å². The normalized spacial score (nSPS) is 11.0. The molecule has 0 saturated heterocycles. The Hall–Kier alpha value is -3.41. The molecule has 2 heterocycles. The van der Waals surface area contributed by atoms with E-state index in [0.717, 1.165) is 40.1 Å². The Kier molecular flexibility index (Phi) is 4.23. The first-order chi connectivity index (χ1) is 12.8. The van der Waals surface area contributed by atoms with E-state index in [2.05, 4.69) is 20.5 Å². The fourth-order valence-corrected chi connectivity index (χ4v) is 3.13. The summed E-state index contributed by atoms with van der Waals surface area (Å²) in [6, 6.07) is 15.6. The summed E-state index contributed by atoms with van der Waals surface area (Å²) < 4.78 is 1.95. The Bertz CT molecular complexity index is 1060. The minimum absolute atomic E-state index is 0.0650. The second-order valence-electron chi connectivity index (χ2n) is 6.07. The van der Waals surface area contributed by atoms with Crippen LogP contribution in [0, 0.1) is 0 Å². The molecular formula is C20H19N5O. The first kappa shape index (κ1) is 16.1. The lowest BCUT2D eigenvalue weighted by Gasteiger charge is -2.11. The van der Waals surface area contributed by atoms with Crippen molar-refractivity contribution >= 4 is 22.5 Å². The molecule has 6 heteroatoms. The van der Waals surface area contributed by atoms with Crippen molar-refractivity contribution in [3.05, 3.63) is 66.6 Å². The average Bonchev–Trinajstić information content (AvgIpc) is 3.29. The number of amides is 1. The molecule has 0 fully saturated rings. The molecule has 4 aromatic rings. The largest absolute Gasteiger partial charge is 0.361 e. The number of rotatable bonds is 5. The van der Waals surface area contributed by atoms with E-state index in [1.54, 1.807) is 6.33 Å². The van der Waals surface area contributed by atoms with Gasteiger partial charge >= 0.3 is 0 Å². The maximum Gasteiger partial charge on any atom is 0.228 e. The van der Waals surface area contributed by atoms with Gasteiger partial charge < -0.3 is 14.9 Å². The number of nitrogens with zero attached hydrogens (tertiary/aromatic N) is 3. The lowest BCUT2D eigenvalue weighted by molar-refractivity contribution is -0.115. The van der Waals surface area contributed by atoms with Crippen LogP contribution in [0.1, 0.15) is 12.5 Å². The summed E-state index contributed by atoms with van der Waals surface area (Å²) in [6.07, 6.45) is 3.89. The molecule has 0 atom stereocenters. The highest BCUT2D eigenvalue weighted by Gasteiger charge is 2.14. The van der Waals surface area contributed by atoms with Crippen LogP contribution in [0.3, 0.4) is 0 Å². The van der Waals surface area contributed by atoms with Gasteiger partial charge in [0.15, 0.2) is 5.82 Å². The van der Waals surface area contributed by atoms with E-state index in [-0.39, 0.29) is 5.91 Å². The Morgan fingerprint density at radius 2 is 1.96 bits per heavy atom. The standard InChI is InChI=1S/C20H19N5O/c1-2-25-13-22-24-20(25)16-8-4-6-10-18(16)23-19(26)11-14-12-21-17-9-5-3-7-15(14)17/h3-10,12-13,21H,2,11H2,1H3,(H,23,26). The smallest absolute Gasteiger partial charge is 0.228 e. The van der Waals surface area contributed by atoms with Crippen molar-refractivity contribution in [1.82, 2.24) is 19.7 Å². The summed E-state index contributed by atoms with van der Waals surface area (Å²) in [5.74, 6) is 0.681. The Morgan fingerprint density at radius 3 is 2.85 bits per heavy atom. The van der Waals surface area contributed by atoms with E-state index in [1.807, 2.05) is 66.2 Å². The second kappa shape index (κ2) is 6.84. The molecule has 2 N–H and O–H groups in total. The van der Waals surface area contributed by atoms with Gasteiger partial charge in [0, 0.05) is 29.2 Å². The summed E-state index contributed by atoms with van der Waals surface area (Å²) in [4.78, 5) is 15.8. The lowest BCUT2D eigenvalue weighted by atomic mass is 10.1. The van der Waals surface area contributed by atoms with Crippen LogP contribution in [0.2, 0.25) is 0 Å². The molecule has 2 aromatic carbocycles. The zero-order valence-electron chi connectivity index (χ0n) is 14.4. The van der Waals surface area contributed by atoms with Crippen LogP contribution in [-0.4, -0.2) is 25.7 Å². The van der Waals surface area contributed by atoms with Crippen LogP contribution in [-0.2, 0) is 17.8 Å². The zero-order valence-corrected chi connectivity index (χ0v) is 14.4. The molecule has 2 aromatic heterocycles. The van der Waals surface area contributed by atoms with Gasteiger partial charge in [-0.1, -0.05) is 30.3 Å². The lowest BCUT2D eigenvalue weighted by Crippen LogP contribution is -2.15. The highest BCUT2D eigenvalue weighted by Crippen LogP contribution is 2.26. The quantitative estimate of drug-likeness (QED) is 0.580. The zero-order chi connectivity index (χ0) is 17.9. The molecule has 0 spiro atoms. The van der Waals surface area contributed by atoms with Gasteiger partial charge in [-0.15, -0.1) is 10.2 Å². The number of aromatic nitrogens is 4. The van der Waals surface area contributed by atoms with E-state index < -0.39 is 0 Å². The number of nitrogens with one attached hydrogen (secondary N) is 2. The number of carbonyl (C=O) groups excluding carboxylic acids is 1. The van der Waals surface area contributed by atoms with Crippen LogP contribution in [0.25, 0.3) is 22.3 Å². The number of aryl methyl sites for hydroxylation is 1. The van der Waals surface area contributed by atoms with Gasteiger partial charge in [0.2, 0.25) is 5.91 Å². The molecule has 0 aliphatic heterocycles. The van der Waals surface area contributed by atoms with Crippen molar-refractivity contribution in [1.29, 1.82) is 0 Å². The fourth-order valence-electron chi connectivity index (χ4n) is 3.13. The van der Waals surface area contributed by atoms with Crippen LogP contribution in [0.15, 0.2) is 61.1 Å². The molecule has 0 unspecified atom stereocenters. The third-order valence-electron chi connectivity index (χ3n) is 4.42. The van der Waals surface area contributed by atoms with E-state index in [4.69, 9.17) is 0 Å². The number of H-pyrrole nitrogens is 1. The molecule has 0 radical (unpaired) electrons. The predicted molar refractivity (Wildman–Crippen MR) is 102 cm³/mol. The van der Waals surface area contributed by atoms with E-state index in [1.165, 1.54) is 0 Å². The van der Waals surface area contributed by atoms with Crippen molar-refractivity contribution in [3.63, 3.8) is 0 Å². The number of carbonyl (C=O) groups is 1. The first-order valence-electron chi connectivity index (χ1n) is 8.58. The number of anilines is 1. The average molecular weight is 345 g/mol. The van der Waals surface area contributed by atoms with Crippen LogP contribution >= 0.6 is 0 Å². The van der Waals surface area contributed by atoms with Crippen LogP contribution in [0.5, 0.6) is 0 Å². The number of para-hydroxylation sites is 2. The van der Waals surface area contributed by atoms with E-state index in [0.29, 0.717) is 6.42 Å². The Labute approximate surface area is 150 Å². The molecule has 0 aliphatic carbocycles.